The molecular formula is C13H15ClN2O2. The van der Waals surface area contributed by atoms with Crippen LogP contribution in [0.4, 0.5) is 0 Å². The van der Waals surface area contributed by atoms with Crippen molar-refractivity contribution in [3.63, 3.8) is 0 Å². The molecule has 5 heteroatoms. The second-order valence-corrected chi connectivity index (χ2v) is 4.78. The monoisotopic (exact) mass is 266 g/mol. The van der Waals surface area contributed by atoms with E-state index in [1.54, 1.807) is 17.0 Å². The zero-order chi connectivity index (χ0) is 13.0. The predicted molar refractivity (Wildman–Crippen MR) is 69.1 cm³/mol. The van der Waals surface area contributed by atoms with E-state index >= 15 is 0 Å². The molecule has 0 aromatic heterocycles. The Kier molecular flexibility index (Phi) is 4.20. The summed E-state index contributed by atoms with van der Waals surface area (Å²) in [6.07, 6.45) is 2.38. The van der Waals surface area contributed by atoms with Crippen molar-refractivity contribution in [2.45, 2.75) is 25.4 Å². The molecule has 0 saturated carbocycles. The zero-order valence-electron chi connectivity index (χ0n) is 9.93. The van der Waals surface area contributed by atoms with Crippen LogP contribution in [-0.2, 0) is 16.1 Å². The quantitative estimate of drug-likeness (QED) is 0.841. The van der Waals surface area contributed by atoms with Crippen molar-refractivity contribution in [2.75, 3.05) is 6.54 Å². The third-order valence-electron chi connectivity index (χ3n) is 3.11. The number of carbonyl (C=O) groups is 2. The minimum absolute atomic E-state index is 0.0884. The van der Waals surface area contributed by atoms with Crippen molar-refractivity contribution < 1.29 is 9.59 Å². The van der Waals surface area contributed by atoms with E-state index in [1.807, 2.05) is 12.1 Å². The number of rotatable bonds is 4. The molecule has 1 atom stereocenters. The van der Waals surface area contributed by atoms with Gasteiger partial charge in [-0.15, -0.1) is 0 Å². The fourth-order valence-electron chi connectivity index (χ4n) is 2.11. The number of carbonyl (C=O) groups excluding carboxylic acids is 2. The molecule has 0 radical (unpaired) electrons. The van der Waals surface area contributed by atoms with Crippen LogP contribution >= 0.6 is 11.6 Å². The maximum absolute atomic E-state index is 11.9. The van der Waals surface area contributed by atoms with Crippen molar-refractivity contribution in [1.29, 1.82) is 0 Å². The normalized spacial score (nSPS) is 18.7. The number of hydrogen-bond acceptors (Lipinski definition) is 2. The summed E-state index contributed by atoms with van der Waals surface area (Å²) >= 11 is 5.78. The zero-order valence-corrected chi connectivity index (χ0v) is 10.7. The highest BCUT2D eigenvalue weighted by Gasteiger charge is 2.29. The maximum Gasteiger partial charge on any atom is 0.243 e. The second-order valence-electron chi connectivity index (χ2n) is 4.35. The number of benzene rings is 1. The summed E-state index contributed by atoms with van der Waals surface area (Å²) < 4.78 is 0. The molecule has 1 heterocycles. The van der Waals surface area contributed by atoms with Crippen molar-refractivity contribution in [1.82, 2.24) is 10.2 Å². The molecular weight excluding hydrogens is 252 g/mol. The van der Waals surface area contributed by atoms with Gasteiger partial charge in [-0.25, -0.2) is 0 Å². The molecule has 1 aliphatic rings. The van der Waals surface area contributed by atoms with Gasteiger partial charge >= 0.3 is 0 Å². The van der Waals surface area contributed by atoms with E-state index in [-0.39, 0.29) is 11.9 Å². The van der Waals surface area contributed by atoms with E-state index in [1.165, 1.54) is 0 Å². The van der Waals surface area contributed by atoms with Gasteiger partial charge in [0.15, 0.2) is 0 Å². The lowest BCUT2D eigenvalue weighted by molar-refractivity contribution is -0.131. The van der Waals surface area contributed by atoms with Crippen LogP contribution in [0, 0.1) is 0 Å². The van der Waals surface area contributed by atoms with E-state index in [9.17, 15) is 9.59 Å². The summed E-state index contributed by atoms with van der Waals surface area (Å²) in [6.45, 7) is 1.13. The molecule has 0 aliphatic carbocycles. The van der Waals surface area contributed by atoms with E-state index < -0.39 is 0 Å². The van der Waals surface area contributed by atoms with Crippen molar-refractivity contribution in [3.8, 4) is 0 Å². The van der Waals surface area contributed by atoms with E-state index in [0.29, 0.717) is 18.1 Å². The molecule has 1 aromatic rings. The van der Waals surface area contributed by atoms with Gasteiger partial charge in [0.25, 0.3) is 0 Å². The Hall–Kier alpha value is -1.55. The fourth-order valence-corrected chi connectivity index (χ4v) is 2.23. The van der Waals surface area contributed by atoms with Crippen LogP contribution in [0.2, 0.25) is 5.02 Å². The van der Waals surface area contributed by atoms with Crippen molar-refractivity contribution >= 4 is 23.9 Å². The van der Waals surface area contributed by atoms with E-state index in [4.69, 9.17) is 11.6 Å². The molecule has 1 aromatic carbocycles. The number of nitrogens with zero attached hydrogens (tertiary/aromatic N) is 1. The van der Waals surface area contributed by atoms with Gasteiger partial charge in [-0.05, 0) is 30.5 Å². The highest BCUT2D eigenvalue weighted by Crippen LogP contribution is 2.15. The summed E-state index contributed by atoms with van der Waals surface area (Å²) in [6, 6.07) is 7.01. The van der Waals surface area contributed by atoms with Crippen LogP contribution in [0.5, 0.6) is 0 Å². The third kappa shape index (κ3) is 3.01. The largest absolute Gasteiger partial charge is 0.350 e. The molecule has 0 spiro atoms. The van der Waals surface area contributed by atoms with Crippen LogP contribution in [0.1, 0.15) is 18.4 Å². The number of amides is 2. The number of likely N-dealkylation sites (tertiary alicyclic amines) is 1. The lowest BCUT2D eigenvalue weighted by Gasteiger charge is -2.19. The van der Waals surface area contributed by atoms with Gasteiger partial charge in [0.2, 0.25) is 12.3 Å². The van der Waals surface area contributed by atoms with Gasteiger partial charge in [0.1, 0.15) is 6.04 Å². The molecule has 0 bridgehead atoms. The molecule has 4 nitrogen and oxygen atoms in total. The average Bonchev–Trinajstić information content (AvgIpc) is 2.86. The second kappa shape index (κ2) is 5.87. The van der Waals surface area contributed by atoms with Gasteiger partial charge in [-0.3, -0.25) is 9.59 Å². The van der Waals surface area contributed by atoms with E-state index in [2.05, 4.69) is 5.32 Å². The first kappa shape index (κ1) is 12.9. The minimum atomic E-state index is -0.310. The summed E-state index contributed by atoms with van der Waals surface area (Å²) in [5.74, 6) is -0.0884. The number of nitrogens with one attached hydrogen (secondary N) is 1. The summed E-state index contributed by atoms with van der Waals surface area (Å²) in [5, 5.41) is 3.52. The Balaban J connectivity index is 1.88. The first-order valence-corrected chi connectivity index (χ1v) is 6.31. The molecule has 1 saturated heterocycles. The number of halogens is 1. The van der Waals surface area contributed by atoms with Crippen LogP contribution < -0.4 is 5.32 Å². The third-order valence-corrected chi connectivity index (χ3v) is 3.36. The lowest BCUT2D eigenvalue weighted by atomic mass is 10.2. The predicted octanol–water partition coefficient (Wildman–Crippen LogP) is 1.58. The standard InChI is InChI=1S/C13H15ClN2O2/c14-11-5-3-10(4-6-11)8-15-13(18)12-2-1-7-16(12)9-17/h3-6,9,12H,1-2,7-8H2,(H,15,18). The van der Waals surface area contributed by atoms with Gasteiger partial charge < -0.3 is 10.2 Å². The Morgan fingerprint density at radius 2 is 2.17 bits per heavy atom. The first-order chi connectivity index (χ1) is 8.70. The van der Waals surface area contributed by atoms with Gasteiger partial charge in [0, 0.05) is 18.1 Å². The molecule has 1 fully saturated rings. The molecule has 1 unspecified atom stereocenters. The van der Waals surface area contributed by atoms with Crippen molar-refractivity contribution in [2.24, 2.45) is 0 Å². The Labute approximate surface area is 111 Å². The number of hydrogen-bond donors (Lipinski definition) is 1. The van der Waals surface area contributed by atoms with Crippen LogP contribution in [0.15, 0.2) is 24.3 Å². The topological polar surface area (TPSA) is 49.4 Å². The average molecular weight is 267 g/mol. The lowest BCUT2D eigenvalue weighted by Crippen LogP contribution is -2.42. The van der Waals surface area contributed by atoms with Gasteiger partial charge in [-0.1, -0.05) is 23.7 Å². The molecule has 18 heavy (non-hydrogen) atoms. The van der Waals surface area contributed by atoms with E-state index in [0.717, 1.165) is 24.8 Å². The summed E-state index contributed by atoms with van der Waals surface area (Å²) in [4.78, 5) is 24.2. The van der Waals surface area contributed by atoms with Crippen LogP contribution in [-0.4, -0.2) is 29.8 Å². The highest BCUT2D eigenvalue weighted by molar-refractivity contribution is 6.30. The molecule has 96 valence electrons. The first-order valence-electron chi connectivity index (χ1n) is 5.94. The summed E-state index contributed by atoms with van der Waals surface area (Å²) in [5.41, 5.74) is 0.989. The minimum Gasteiger partial charge on any atom is -0.350 e. The van der Waals surface area contributed by atoms with Gasteiger partial charge in [-0.2, -0.15) is 0 Å². The molecule has 1 aliphatic heterocycles. The Morgan fingerprint density at radius 3 is 2.83 bits per heavy atom. The van der Waals surface area contributed by atoms with Crippen LogP contribution in [0.3, 0.4) is 0 Å². The summed E-state index contributed by atoms with van der Waals surface area (Å²) in [7, 11) is 0. The van der Waals surface area contributed by atoms with Crippen molar-refractivity contribution in [3.05, 3.63) is 34.9 Å². The van der Waals surface area contributed by atoms with Gasteiger partial charge in [0.05, 0.1) is 0 Å². The Bertz CT molecular complexity index is 433. The maximum atomic E-state index is 11.9. The highest BCUT2D eigenvalue weighted by atomic mass is 35.5. The fraction of sp³-hybridized carbons (Fsp3) is 0.385. The molecule has 2 rings (SSSR count). The molecule has 1 N–H and O–H groups in total. The molecule has 2 amide bonds. The smallest absolute Gasteiger partial charge is 0.243 e. The SMILES string of the molecule is O=CN1CCCC1C(=O)NCc1ccc(Cl)cc1. The van der Waals surface area contributed by atoms with Crippen LogP contribution in [0.25, 0.3) is 0 Å². The Morgan fingerprint density at radius 1 is 1.44 bits per heavy atom.